The number of hydrogen-bond acceptors (Lipinski definition) is 3. The van der Waals surface area contributed by atoms with Gasteiger partial charge in [0.15, 0.2) is 0 Å². The van der Waals surface area contributed by atoms with Gasteiger partial charge in [0.05, 0.1) is 18.9 Å². The number of carbonyl (C=O) groups is 2. The molecule has 0 aliphatic heterocycles. The Kier molecular flexibility index (Phi) is 26.2. The Hall–Kier alpha value is -1.32. The number of ether oxygens (including phenoxy) is 1. The summed E-state index contributed by atoms with van der Waals surface area (Å²) in [6.45, 7) is 4.56. The van der Waals surface area contributed by atoms with Crippen molar-refractivity contribution < 1.29 is 19.4 Å². The van der Waals surface area contributed by atoms with Gasteiger partial charge in [0.1, 0.15) is 0 Å². The Morgan fingerprint density at radius 2 is 1.03 bits per heavy atom. The Balaban J connectivity index is 3.42. The molecule has 0 spiro atoms. The van der Waals surface area contributed by atoms with E-state index in [1.54, 1.807) is 6.08 Å². The molecular weight excluding hydrogens is 436 g/mol. The van der Waals surface area contributed by atoms with Gasteiger partial charge in [0.25, 0.3) is 0 Å². The van der Waals surface area contributed by atoms with Crippen LogP contribution in [0.5, 0.6) is 0 Å². The van der Waals surface area contributed by atoms with Gasteiger partial charge in [-0.1, -0.05) is 148 Å². The van der Waals surface area contributed by atoms with Crippen LogP contribution in [0.1, 0.15) is 162 Å². The van der Waals surface area contributed by atoms with E-state index in [0.717, 1.165) is 19.3 Å². The minimum Gasteiger partial charge on any atom is -0.481 e. The predicted molar refractivity (Wildman–Crippen MR) is 149 cm³/mol. The lowest BCUT2D eigenvalue weighted by atomic mass is 10.0. The summed E-state index contributed by atoms with van der Waals surface area (Å²) < 4.78 is 5.10. The van der Waals surface area contributed by atoms with Crippen LogP contribution >= 0.6 is 0 Å². The SMILES string of the molecule is CCCCCCCCCCCCCCCCCCCCCC/C=C/C(CC(=O)O)C(=O)OCCC. The lowest BCUT2D eigenvalue weighted by Crippen LogP contribution is -2.19. The van der Waals surface area contributed by atoms with Gasteiger partial charge < -0.3 is 9.84 Å². The van der Waals surface area contributed by atoms with Crippen molar-refractivity contribution in [1.82, 2.24) is 0 Å². The minimum absolute atomic E-state index is 0.196. The van der Waals surface area contributed by atoms with E-state index in [2.05, 4.69) is 6.92 Å². The zero-order valence-corrected chi connectivity index (χ0v) is 23.4. The number of allylic oxidation sites excluding steroid dienone is 1. The second-order valence-electron chi connectivity index (χ2n) is 10.3. The standard InChI is InChI=1S/C31H58O4/c1-3-5-6-7-8-9-10-11-12-13-14-15-16-17-18-19-20-21-22-23-24-25-26-29(28-30(32)33)31(34)35-27-4-2/h25-26,29H,3-24,27-28H2,1-2H3,(H,32,33)/b26-25+. The highest BCUT2D eigenvalue weighted by molar-refractivity contribution is 5.80. The van der Waals surface area contributed by atoms with Gasteiger partial charge in [0.2, 0.25) is 0 Å². The van der Waals surface area contributed by atoms with E-state index in [1.165, 1.54) is 122 Å². The van der Waals surface area contributed by atoms with Crippen LogP contribution in [-0.4, -0.2) is 23.7 Å². The topological polar surface area (TPSA) is 63.6 Å². The van der Waals surface area contributed by atoms with Crippen molar-refractivity contribution in [2.45, 2.75) is 162 Å². The summed E-state index contributed by atoms with van der Waals surface area (Å²) in [6, 6.07) is 0. The van der Waals surface area contributed by atoms with E-state index in [-0.39, 0.29) is 6.42 Å². The molecule has 0 aromatic heterocycles. The van der Waals surface area contributed by atoms with Gasteiger partial charge in [-0.05, 0) is 19.3 Å². The molecule has 0 rings (SSSR count). The molecule has 0 aromatic carbocycles. The van der Waals surface area contributed by atoms with Crippen LogP contribution in [0.25, 0.3) is 0 Å². The first-order valence-corrected chi connectivity index (χ1v) is 15.2. The number of carbonyl (C=O) groups excluding carboxylic acids is 1. The van der Waals surface area contributed by atoms with E-state index in [0.29, 0.717) is 6.61 Å². The highest BCUT2D eigenvalue weighted by Gasteiger charge is 2.20. The van der Waals surface area contributed by atoms with E-state index in [4.69, 9.17) is 9.84 Å². The maximum Gasteiger partial charge on any atom is 0.313 e. The van der Waals surface area contributed by atoms with Crippen molar-refractivity contribution in [2.24, 2.45) is 5.92 Å². The van der Waals surface area contributed by atoms with Crippen LogP contribution in [0, 0.1) is 5.92 Å². The molecule has 0 heterocycles. The number of esters is 1. The summed E-state index contributed by atoms with van der Waals surface area (Å²) in [5, 5.41) is 8.99. The first-order chi connectivity index (χ1) is 17.1. The zero-order chi connectivity index (χ0) is 25.8. The lowest BCUT2D eigenvalue weighted by molar-refractivity contribution is -0.151. The Morgan fingerprint density at radius 3 is 1.40 bits per heavy atom. The van der Waals surface area contributed by atoms with Gasteiger partial charge in [-0.15, -0.1) is 0 Å². The van der Waals surface area contributed by atoms with Gasteiger partial charge in [-0.3, -0.25) is 9.59 Å². The van der Waals surface area contributed by atoms with E-state index < -0.39 is 17.9 Å². The molecule has 206 valence electrons. The second kappa shape index (κ2) is 27.3. The van der Waals surface area contributed by atoms with Crippen LogP contribution < -0.4 is 0 Å². The maximum absolute atomic E-state index is 11.9. The van der Waals surface area contributed by atoms with Crippen LogP contribution in [0.2, 0.25) is 0 Å². The van der Waals surface area contributed by atoms with Gasteiger partial charge in [-0.2, -0.15) is 0 Å². The molecule has 4 heteroatoms. The third-order valence-electron chi connectivity index (χ3n) is 6.74. The van der Waals surface area contributed by atoms with Crippen molar-refractivity contribution >= 4 is 11.9 Å². The minimum atomic E-state index is -0.966. The quantitative estimate of drug-likeness (QED) is 0.0701. The zero-order valence-electron chi connectivity index (χ0n) is 23.4. The largest absolute Gasteiger partial charge is 0.481 e. The average molecular weight is 495 g/mol. The number of hydrogen-bond donors (Lipinski definition) is 1. The fourth-order valence-corrected chi connectivity index (χ4v) is 4.51. The van der Waals surface area contributed by atoms with Crippen molar-refractivity contribution in [1.29, 1.82) is 0 Å². The summed E-state index contributed by atoms with van der Waals surface area (Å²) >= 11 is 0. The molecule has 0 aromatic rings. The Bertz CT molecular complexity index is 500. The molecule has 35 heavy (non-hydrogen) atoms. The monoisotopic (exact) mass is 494 g/mol. The number of aliphatic carboxylic acids is 1. The van der Waals surface area contributed by atoms with Gasteiger partial charge in [0, 0.05) is 0 Å². The van der Waals surface area contributed by atoms with Gasteiger partial charge in [-0.25, -0.2) is 0 Å². The van der Waals surface area contributed by atoms with Crippen LogP contribution in [0.15, 0.2) is 12.2 Å². The fraction of sp³-hybridized carbons (Fsp3) is 0.871. The molecule has 0 saturated carbocycles. The smallest absolute Gasteiger partial charge is 0.313 e. The number of carboxylic acid groups (broad SMARTS) is 1. The molecule has 1 N–H and O–H groups in total. The van der Waals surface area contributed by atoms with E-state index >= 15 is 0 Å². The van der Waals surface area contributed by atoms with Crippen LogP contribution in [-0.2, 0) is 14.3 Å². The fourth-order valence-electron chi connectivity index (χ4n) is 4.51. The summed E-state index contributed by atoms with van der Waals surface area (Å²) in [5.74, 6) is -2.05. The third-order valence-corrected chi connectivity index (χ3v) is 6.74. The molecule has 0 radical (unpaired) electrons. The highest BCUT2D eigenvalue weighted by Crippen LogP contribution is 2.15. The molecule has 0 amide bonds. The number of carboxylic acids is 1. The predicted octanol–water partition coefficient (Wildman–Crippen LogP) is 9.80. The Labute approximate surface area is 217 Å². The molecule has 1 atom stereocenters. The van der Waals surface area contributed by atoms with Gasteiger partial charge >= 0.3 is 11.9 Å². The van der Waals surface area contributed by atoms with Crippen molar-refractivity contribution in [3.63, 3.8) is 0 Å². The number of rotatable bonds is 27. The summed E-state index contributed by atoms with van der Waals surface area (Å²) in [4.78, 5) is 22.9. The summed E-state index contributed by atoms with van der Waals surface area (Å²) in [7, 11) is 0. The van der Waals surface area contributed by atoms with Crippen molar-refractivity contribution in [3.05, 3.63) is 12.2 Å². The lowest BCUT2D eigenvalue weighted by Gasteiger charge is -2.09. The maximum atomic E-state index is 11.9. The first kappa shape index (κ1) is 33.7. The molecule has 0 aliphatic carbocycles. The number of unbranched alkanes of at least 4 members (excludes halogenated alkanes) is 20. The molecule has 0 aliphatic rings. The molecule has 4 nitrogen and oxygen atoms in total. The molecule has 0 fully saturated rings. The normalized spacial score (nSPS) is 12.3. The molecular formula is C31H58O4. The molecule has 0 saturated heterocycles. The van der Waals surface area contributed by atoms with Crippen LogP contribution in [0.4, 0.5) is 0 Å². The third kappa shape index (κ3) is 25.6. The summed E-state index contributed by atoms with van der Waals surface area (Å²) in [6.07, 6.45) is 32.6. The second-order valence-corrected chi connectivity index (χ2v) is 10.3. The van der Waals surface area contributed by atoms with Crippen molar-refractivity contribution in [2.75, 3.05) is 6.61 Å². The highest BCUT2D eigenvalue weighted by atomic mass is 16.5. The average Bonchev–Trinajstić information content (AvgIpc) is 2.84. The van der Waals surface area contributed by atoms with Crippen molar-refractivity contribution in [3.8, 4) is 0 Å². The van der Waals surface area contributed by atoms with Crippen LogP contribution in [0.3, 0.4) is 0 Å². The first-order valence-electron chi connectivity index (χ1n) is 15.2. The molecule has 1 unspecified atom stereocenters. The summed E-state index contributed by atoms with van der Waals surface area (Å²) in [5.41, 5.74) is 0. The van der Waals surface area contributed by atoms with E-state index in [9.17, 15) is 9.59 Å². The molecule has 0 bridgehead atoms. The van der Waals surface area contributed by atoms with E-state index in [1.807, 2.05) is 13.0 Å². The Morgan fingerprint density at radius 1 is 0.629 bits per heavy atom.